The van der Waals surface area contributed by atoms with Crippen molar-refractivity contribution >= 4 is 30.7 Å². The van der Waals surface area contributed by atoms with Gasteiger partial charge in [0.1, 0.15) is 11.5 Å². The molecule has 0 spiro atoms. The van der Waals surface area contributed by atoms with Crippen molar-refractivity contribution in [1.82, 2.24) is 20.2 Å². The van der Waals surface area contributed by atoms with Crippen LogP contribution in [0.25, 0.3) is 5.69 Å². The summed E-state index contributed by atoms with van der Waals surface area (Å²) in [5.74, 6) is -0.459. The third-order valence-electron chi connectivity index (χ3n) is 3.93. The molecular weight excluding hydrogens is 354 g/mol. The van der Waals surface area contributed by atoms with Crippen molar-refractivity contribution in [2.75, 3.05) is 6.54 Å². The molecule has 2 atom stereocenters. The molecule has 1 aliphatic rings. The number of halogens is 3. The van der Waals surface area contributed by atoms with Crippen LogP contribution in [0.15, 0.2) is 36.8 Å². The number of imidazole rings is 1. The molecular formula is C16H21Cl2FN4O. The molecule has 3 rings (SSSR count). The molecule has 5 nitrogen and oxygen atoms in total. The van der Waals surface area contributed by atoms with E-state index in [9.17, 15) is 9.18 Å². The highest BCUT2D eigenvalue weighted by Crippen LogP contribution is 2.14. The molecule has 0 bridgehead atoms. The van der Waals surface area contributed by atoms with Gasteiger partial charge in [-0.05, 0) is 50.6 Å². The Hall–Kier alpha value is -1.63. The zero-order valence-corrected chi connectivity index (χ0v) is 14.9. The summed E-state index contributed by atoms with van der Waals surface area (Å²) >= 11 is 0. The van der Waals surface area contributed by atoms with Crippen molar-refractivity contribution in [2.45, 2.75) is 31.8 Å². The molecule has 1 aromatic carbocycles. The Bertz CT molecular complexity index is 662. The fraction of sp³-hybridized carbons (Fsp3) is 0.375. The van der Waals surface area contributed by atoms with Gasteiger partial charge in [0.2, 0.25) is 0 Å². The number of piperidine rings is 1. The molecule has 1 fully saturated rings. The average Bonchev–Trinajstić information content (AvgIpc) is 2.97. The number of rotatable bonds is 3. The number of hydrogen-bond donors (Lipinski definition) is 2. The summed E-state index contributed by atoms with van der Waals surface area (Å²) in [4.78, 5) is 16.5. The maximum atomic E-state index is 13.0. The van der Waals surface area contributed by atoms with Gasteiger partial charge < -0.3 is 10.6 Å². The van der Waals surface area contributed by atoms with E-state index in [4.69, 9.17) is 0 Å². The highest BCUT2D eigenvalue weighted by molar-refractivity contribution is 5.93. The first-order valence-corrected chi connectivity index (χ1v) is 7.46. The Morgan fingerprint density at radius 3 is 2.71 bits per heavy atom. The number of amides is 1. The zero-order chi connectivity index (χ0) is 15.5. The maximum Gasteiger partial charge on any atom is 0.270 e. The lowest BCUT2D eigenvalue weighted by Crippen LogP contribution is -2.46. The predicted octanol–water partition coefficient (Wildman–Crippen LogP) is 2.73. The summed E-state index contributed by atoms with van der Waals surface area (Å²) in [5.41, 5.74) is 1.17. The molecule has 2 aromatic rings. The van der Waals surface area contributed by atoms with E-state index in [0.717, 1.165) is 19.4 Å². The largest absolute Gasteiger partial charge is 0.348 e. The second-order valence-corrected chi connectivity index (χ2v) is 5.68. The molecule has 8 heteroatoms. The van der Waals surface area contributed by atoms with Gasteiger partial charge in [-0.25, -0.2) is 9.37 Å². The maximum absolute atomic E-state index is 13.0. The van der Waals surface area contributed by atoms with E-state index in [2.05, 4.69) is 22.5 Å². The molecule has 24 heavy (non-hydrogen) atoms. The van der Waals surface area contributed by atoms with Crippen LogP contribution in [0.1, 0.15) is 30.3 Å². The number of carbonyl (C=O) groups excluding carboxylic acids is 1. The van der Waals surface area contributed by atoms with Gasteiger partial charge in [-0.15, -0.1) is 24.8 Å². The number of nitrogens with one attached hydrogen (secondary N) is 2. The van der Waals surface area contributed by atoms with Gasteiger partial charge in [0.15, 0.2) is 0 Å². The van der Waals surface area contributed by atoms with Crippen molar-refractivity contribution in [3.8, 4) is 5.69 Å². The monoisotopic (exact) mass is 374 g/mol. The van der Waals surface area contributed by atoms with Crippen LogP contribution in [0.4, 0.5) is 4.39 Å². The first kappa shape index (κ1) is 20.4. The van der Waals surface area contributed by atoms with Crippen LogP contribution in [-0.4, -0.2) is 34.1 Å². The summed E-state index contributed by atoms with van der Waals surface area (Å²) in [6.07, 6.45) is 4.92. The molecule has 132 valence electrons. The SMILES string of the molecule is CC1CC(NC(=O)c2cncn2-c2ccc(F)cc2)CCN1.Cl.Cl. The second kappa shape index (κ2) is 9.01. The first-order chi connectivity index (χ1) is 10.6. The van der Waals surface area contributed by atoms with Crippen LogP contribution >= 0.6 is 24.8 Å². The number of hydrogen-bond acceptors (Lipinski definition) is 3. The third-order valence-corrected chi connectivity index (χ3v) is 3.93. The summed E-state index contributed by atoms with van der Waals surface area (Å²) < 4.78 is 14.7. The van der Waals surface area contributed by atoms with Gasteiger partial charge in [-0.1, -0.05) is 0 Å². The lowest BCUT2D eigenvalue weighted by Gasteiger charge is -2.28. The number of nitrogens with zero attached hydrogens (tertiary/aromatic N) is 2. The van der Waals surface area contributed by atoms with Crippen molar-refractivity contribution in [3.63, 3.8) is 0 Å². The standard InChI is InChI=1S/C16H19FN4O.2ClH/c1-11-8-13(6-7-19-11)20-16(22)15-9-18-10-21(15)14-4-2-12(17)3-5-14;;/h2-5,9-11,13,19H,6-8H2,1H3,(H,20,22);2*1H. The molecule has 2 heterocycles. The molecule has 0 aliphatic carbocycles. The Morgan fingerprint density at radius 1 is 1.33 bits per heavy atom. The summed E-state index contributed by atoms with van der Waals surface area (Å²) in [7, 11) is 0. The molecule has 2 N–H and O–H groups in total. The first-order valence-electron chi connectivity index (χ1n) is 7.46. The summed E-state index contributed by atoms with van der Waals surface area (Å²) in [6, 6.07) is 6.55. The van der Waals surface area contributed by atoms with E-state index in [1.807, 2.05) is 0 Å². The van der Waals surface area contributed by atoms with Crippen molar-refractivity contribution in [1.29, 1.82) is 0 Å². The van der Waals surface area contributed by atoms with E-state index in [0.29, 0.717) is 17.4 Å². The summed E-state index contributed by atoms with van der Waals surface area (Å²) in [5, 5.41) is 6.42. The van der Waals surface area contributed by atoms with Gasteiger partial charge in [-0.3, -0.25) is 9.36 Å². The van der Waals surface area contributed by atoms with Crippen molar-refractivity contribution in [3.05, 3.63) is 48.3 Å². The molecule has 1 amide bonds. The Labute approximate surface area is 152 Å². The fourth-order valence-electron chi connectivity index (χ4n) is 2.79. The van der Waals surface area contributed by atoms with Gasteiger partial charge >= 0.3 is 0 Å². The van der Waals surface area contributed by atoms with Gasteiger partial charge in [-0.2, -0.15) is 0 Å². The molecule has 1 aromatic heterocycles. The van der Waals surface area contributed by atoms with E-state index < -0.39 is 0 Å². The smallest absolute Gasteiger partial charge is 0.270 e. The van der Waals surface area contributed by atoms with E-state index in [1.165, 1.54) is 18.3 Å². The zero-order valence-electron chi connectivity index (χ0n) is 13.2. The lowest BCUT2D eigenvalue weighted by atomic mass is 10.0. The summed E-state index contributed by atoms with van der Waals surface area (Å²) in [6.45, 7) is 3.02. The Balaban J connectivity index is 0.00000144. The highest BCUT2D eigenvalue weighted by Gasteiger charge is 2.22. The van der Waals surface area contributed by atoms with Crippen LogP contribution in [0, 0.1) is 5.82 Å². The highest BCUT2D eigenvalue weighted by atomic mass is 35.5. The van der Waals surface area contributed by atoms with Crippen LogP contribution in [0.2, 0.25) is 0 Å². The van der Waals surface area contributed by atoms with Gasteiger partial charge in [0, 0.05) is 17.8 Å². The van der Waals surface area contributed by atoms with Crippen molar-refractivity contribution < 1.29 is 9.18 Å². The average molecular weight is 375 g/mol. The predicted molar refractivity (Wildman–Crippen MR) is 96.0 cm³/mol. The van der Waals surface area contributed by atoms with Crippen molar-refractivity contribution in [2.24, 2.45) is 0 Å². The minimum atomic E-state index is -0.307. The lowest BCUT2D eigenvalue weighted by molar-refractivity contribution is 0.0918. The number of carbonyl (C=O) groups is 1. The fourth-order valence-corrected chi connectivity index (χ4v) is 2.79. The minimum absolute atomic E-state index is 0. The number of benzene rings is 1. The number of aromatic nitrogens is 2. The Kier molecular flexibility index (Phi) is 7.66. The van der Waals surface area contributed by atoms with E-state index >= 15 is 0 Å². The van der Waals surface area contributed by atoms with Crippen LogP contribution in [0.3, 0.4) is 0 Å². The molecule has 0 saturated carbocycles. The quantitative estimate of drug-likeness (QED) is 0.868. The van der Waals surface area contributed by atoms with E-state index in [1.54, 1.807) is 23.0 Å². The molecule has 2 unspecified atom stereocenters. The van der Waals surface area contributed by atoms with E-state index in [-0.39, 0.29) is 42.6 Å². The molecule has 1 saturated heterocycles. The van der Waals surface area contributed by atoms with Crippen LogP contribution in [-0.2, 0) is 0 Å². The van der Waals surface area contributed by atoms with Crippen LogP contribution in [0.5, 0.6) is 0 Å². The van der Waals surface area contributed by atoms with Gasteiger partial charge in [0.05, 0.1) is 12.5 Å². The molecule has 0 radical (unpaired) electrons. The Morgan fingerprint density at radius 2 is 2.04 bits per heavy atom. The second-order valence-electron chi connectivity index (χ2n) is 5.68. The van der Waals surface area contributed by atoms with Gasteiger partial charge in [0.25, 0.3) is 5.91 Å². The topological polar surface area (TPSA) is 59.0 Å². The minimum Gasteiger partial charge on any atom is -0.348 e. The van der Waals surface area contributed by atoms with Crippen LogP contribution < -0.4 is 10.6 Å². The normalized spacial score (nSPS) is 19.8. The molecule has 1 aliphatic heterocycles. The third kappa shape index (κ3) is 4.69.